The van der Waals surface area contributed by atoms with E-state index in [2.05, 4.69) is 22.3 Å². The maximum atomic E-state index is 5.83. The molecule has 0 saturated heterocycles. The Morgan fingerprint density at radius 2 is 2.28 bits per heavy atom. The van der Waals surface area contributed by atoms with Crippen LogP contribution in [0, 0.1) is 0 Å². The molecular formula is C13H18N4O. The third kappa shape index (κ3) is 3.07. The predicted octanol–water partition coefficient (Wildman–Crippen LogP) is 2.20. The number of rotatable bonds is 6. The Hall–Kier alpha value is -1.88. The lowest BCUT2D eigenvalue weighted by Crippen LogP contribution is -2.06. The van der Waals surface area contributed by atoms with E-state index in [1.807, 2.05) is 30.2 Å². The summed E-state index contributed by atoms with van der Waals surface area (Å²) in [7, 11) is 1.90. The standard InChI is InChI=1S/C13H18N4O/c1-3-6-17-10-12(9-16-17)18-13-4-5-15-8-11(13)7-14-2/h4-5,8-10,14H,3,6-7H2,1-2H3. The second-order valence-electron chi connectivity index (χ2n) is 4.05. The lowest BCUT2D eigenvalue weighted by molar-refractivity contribution is 0.471. The fourth-order valence-electron chi connectivity index (χ4n) is 1.71. The minimum Gasteiger partial charge on any atom is -0.454 e. The molecule has 0 amide bonds. The van der Waals surface area contributed by atoms with Gasteiger partial charge in [-0.1, -0.05) is 6.92 Å². The number of aryl methyl sites for hydroxylation is 1. The number of ether oxygens (including phenoxy) is 1. The average molecular weight is 246 g/mol. The lowest BCUT2D eigenvalue weighted by atomic mass is 10.2. The second kappa shape index (κ2) is 6.16. The van der Waals surface area contributed by atoms with E-state index in [-0.39, 0.29) is 0 Å². The average Bonchev–Trinajstić information content (AvgIpc) is 2.80. The molecule has 0 atom stereocenters. The predicted molar refractivity (Wildman–Crippen MR) is 69.6 cm³/mol. The van der Waals surface area contributed by atoms with Gasteiger partial charge in [-0.15, -0.1) is 0 Å². The van der Waals surface area contributed by atoms with Gasteiger partial charge in [0.15, 0.2) is 5.75 Å². The van der Waals surface area contributed by atoms with Crippen LogP contribution in [0.4, 0.5) is 0 Å². The van der Waals surface area contributed by atoms with Gasteiger partial charge in [0.1, 0.15) is 5.75 Å². The van der Waals surface area contributed by atoms with Crippen molar-refractivity contribution in [2.24, 2.45) is 0 Å². The molecule has 0 aliphatic rings. The molecule has 1 N–H and O–H groups in total. The van der Waals surface area contributed by atoms with Crippen molar-refractivity contribution in [3.63, 3.8) is 0 Å². The SMILES string of the molecule is CCCn1cc(Oc2ccncc2CNC)cn1. The number of hydrogen-bond donors (Lipinski definition) is 1. The fourth-order valence-corrected chi connectivity index (χ4v) is 1.71. The number of aromatic nitrogens is 3. The molecule has 0 saturated carbocycles. The lowest BCUT2D eigenvalue weighted by Gasteiger charge is -2.08. The highest BCUT2D eigenvalue weighted by Gasteiger charge is 2.05. The first-order valence-corrected chi connectivity index (χ1v) is 6.11. The smallest absolute Gasteiger partial charge is 0.165 e. The summed E-state index contributed by atoms with van der Waals surface area (Å²) in [5, 5.41) is 7.33. The van der Waals surface area contributed by atoms with Crippen molar-refractivity contribution < 1.29 is 4.74 Å². The van der Waals surface area contributed by atoms with Crippen LogP contribution in [-0.4, -0.2) is 21.8 Å². The first-order valence-electron chi connectivity index (χ1n) is 6.11. The summed E-state index contributed by atoms with van der Waals surface area (Å²) in [5.74, 6) is 1.57. The van der Waals surface area contributed by atoms with Gasteiger partial charge in [-0.25, -0.2) is 0 Å². The van der Waals surface area contributed by atoms with Crippen LogP contribution in [0.1, 0.15) is 18.9 Å². The third-order valence-corrected chi connectivity index (χ3v) is 2.52. The van der Waals surface area contributed by atoms with Crippen LogP contribution < -0.4 is 10.1 Å². The highest BCUT2D eigenvalue weighted by molar-refractivity contribution is 5.34. The van der Waals surface area contributed by atoms with Crippen LogP contribution >= 0.6 is 0 Å². The van der Waals surface area contributed by atoms with Crippen LogP contribution in [0.15, 0.2) is 30.9 Å². The van der Waals surface area contributed by atoms with Crippen molar-refractivity contribution in [1.82, 2.24) is 20.1 Å². The molecule has 0 aromatic carbocycles. The van der Waals surface area contributed by atoms with Gasteiger partial charge >= 0.3 is 0 Å². The number of nitrogens with one attached hydrogen (secondary N) is 1. The molecule has 0 radical (unpaired) electrons. The van der Waals surface area contributed by atoms with Crippen molar-refractivity contribution in [2.75, 3.05) is 7.05 Å². The summed E-state index contributed by atoms with van der Waals surface area (Å²) in [4.78, 5) is 4.10. The minimum absolute atomic E-state index is 0.728. The zero-order valence-electron chi connectivity index (χ0n) is 10.8. The van der Waals surface area contributed by atoms with E-state index in [9.17, 15) is 0 Å². The van der Waals surface area contributed by atoms with Gasteiger partial charge in [0.2, 0.25) is 0 Å². The third-order valence-electron chi connectivity index (χ3n) is 2.52. The molecule has 0 bridgehead atoms. The highest BCUT2D eigenvalue weighted by atomic mass is 16.5. The largest absolute Gasteiger partial charge is 0.454 e. The molecule has 0 fully saturated rings. The van der Waals surface area contributed by atoms with Crippen molar-refractivity contribution in [3.8, 4) is 11.5 Å². The summed E-state index contributed by atoms with van der Waals surface area (Å²) in [6, 6.07) is 1.86. The van der Waals surface area contributed by atoms with Crippen molar-refractivity contribution in [1.29, 1.82) is 0 Å². The highest BCUT2D eigenvalue weighted by Crippen LogP contribution is 2.23. The molecule has 0 aliphatic heterocycles. The molecule has 0 aliphatic carbocycles. The molecule has 0 unspecified atom stereocenters. The van der Waals surface area contributed by atoms with E-state index in [4.69, 9.17) is 4.74 Å². The number of pyridine rings is 1. The molecule has 0 spiro atoms. The molecule has 2 aromatic rings. The molecule has 2 heterocycles. The van der Waals surface area contributed by atoms with Gasteiger partial charge in [0, 0.05) is 31.0 Å². The van der Waals surface area contributed by atoms with Crippen LogP contribution in [0.3, 0.4) is 0 Å². The topological polar surface area (TPSA) is 52.0 Å². The van der Waals surface area contributed by atoms with Gasteiger partial charge in [0.05, 0.1) is 12.4 Å². The molecule has 5 nitrogen and oxygen atoms in total. The molecule has 18 heavy (non-hydrogen) atoms. The first-order chi connectivity index (χ1) is 8.83. The maximum absolute atomic E-state index is 5.83. The van der Waals surface area contributed by atoms with Gasteiger partial charge in [-0.3, -0.25) is 9.67 Å². The van der Waals surface area contributed by atoms with Crippen LogP contribution in [0.5, 0.6) is 11.5 Å². The fraction of sp³-hybridized carbons (Fsp3) is 0.385. The Bertz CT molecular complexity index is 495. The summed E-state index contributed by atoms with van der Waals surface area (Å²) in [6.07, 6.45) is 8.24. The van der Waals surface area contributed by atoms with E-state index in [1.54, 1.807) is 12.4 Å². The number of nitrogens with zero attached hydrogens (tertiary/aromatic N) is 3. The van der Waals surface area contributed by atoms with E-state index >= 15 is 0 Å². The quantitative estimate of drug-likeness (QED) is 0.849. The Labute approximate surface area is 107 Å². The molecule has 2 aromatic heterocycles. The Morgan fingerprint density at radius 3 is 3.06 bits per heavy atom. The van der Waals surface area contributed by atoms with Crippen LogP contribution in [0.25, 0.3) is 0 Å². The first kappa shape index (κ1) is 12.6. The summed E-state index contributed by atoms with van der Waals surface area (Å²) in [6.45, 7) is 3.76. The maximum Gasteiger partial charge on any atom is 0.165 e. The molecule has 96 valence electrons. The minimum atomic E-state index is 0.728. The molecule has 5 heteroatoms. The second-order valence-corrected chi connectivity index (χ2v) is 4.05. The van der Waals surface area contributed by atoms with Gasteiger partial charge < -0.3 is 10.1 Å². The summed E-state index contributed by atoms with van der Waals surface area (Å²) >= 11 is 0. The monoisotopic (exact) mass is 246 g/mol. The summed E-state index contributed by atoms with van der Waals surface area (Å²) in [5.41, 5.74) is 1.03. The molecule has 2 rings (SSSR count). The van der Waals surface area contributed by atoms with Crippen LogP contribution in [-0.2, 0) is 13.1 Å². The van der Waals surface area contributed by atoms with Crippen molar-refractivity contribution in [3.05, 3.63) is 36.4 Å². The van der Waals surface area contributed by atoms with Crippen LogP contribution in [0.2, 0.25) is 0 Å². The Balaban J connectivity index is 2.12. The Morgan fingerprint density at radius 1 is 1.39 bits per heavy atom. The van der Waals surface area contributed by atoms with E-state index in [1.165, 1.54) is 0 Å². The zero-order chi connectivity index (χ0) is 12.8. The van der Waals surface area contributed by atoms with Crippen molar-refractivity contribution >= 4 is 0 Å². The normalized spacial score (nSPS) is 10.6. The van der Waals surface area contributed by atoms with Gasteiger partial charge in [0.25, 0.3) is 0 Å². The van der Waals surface area contributed by atoms with Gasteiger partial charge in [-0.05, 0) is 19.5 Å². The van der Waals surface area contributed by atoms with E-state index < -0.39 is 0 Å². The van der Waals surface area contributed by atoms with E-state index in [0.717, 1.165) is 36.6 Å². The molecular weight excluding hydrogens is 228 g/mol. The summed E-state index contributed by atoms with van der Waals surface area (Å²) < 4.78 is 7.71. The number of hydrogen-bond acceptors (Lipinski definition) is 4. The Kier molecular flexibility index (Phi) is 4.30. The zero-order valence-corrected chi connectivity index (χ0v) is 10.8. The van der Waals surface area contributed by atoms with Crippen molar-refractivity contribution in [2.45, 2.75) is 26.4 Å². The van der Waals surface area contributed by atoms with E-state index in [0.29, 0.717) is 0 Å². The van der Waals surface area contributed by atoms with Gasteiger partial charge in [-0.2, -0.15) is 5.10 Å².